The van der Waals surface area contributed by atoms with Crippen LogP contribution in [0.2, 0.25) is 0 Å². The molecule has 1 aromatic heterocycles. The Labute approximate surface area is 143 Å². The van der Waals surface area contributed by atoms with Gasteiger partial charge in [0.05, 0.1) is 0 Å². The normalized spacial score (nSPS) is 17.3. The van der Waals surface area contributed by atoms with Gasteiger partial charge in [0.1, 0.15) is 10.6 Å². The van der Waals surface area contributed by atoms with Gasteiger partial charge in [-0.2, -0.15) is 0 Å². The molecule has 0 spiro atoms. The third-order valence-electron chi connectivity index (χ3n) is 4.21. The topological polar surface area (TPSA) is 106 Å². The fraction of sp³-hybridized carbons (Fsp3) is 0.643. The van der Waals surface area contributed by atoms with Crippen LogP contribution in [0.25, 0.3) is 0 Å². The first kappa shape index (κ1) is 20.0. The summed E-state index contributed by atoms with van der Waals surface area (Å²) in [5.41, 5.74) is 6.08. The van der Waals surface area contributed by atoms with Crippen molar-refractivity contribution in [1.82, 2.24) is 14.6 Å². The number of nitrogens with one attached hydrogen (secondary N) is 2. The van der Waals surface area contributed by atoms with E-state index in [-0.39, 0.29) is 29.8 Å². The average molecular weight is 365 g/mol. The molecule has 1 heterocycles. The van der Waals surface area contributed by atoms with Crippen LogP contribution in [0.4, 0.5) is 0 Å². The molecule has 0 unspecified atom stereocenters. The molecule has 2 rings (SSSR count). The second-order valence-corrected chi connectivity index (χ2v) is 7.77. The first-order valence-electron chi connectivity index (χ1n) is 7.44. The highest BCUT2D eigenvalue weighted by Gasteiger charge is 2.30. The van der Waals surface area contributed by atoms with Crippen LogP contribution in [0.5, 0.6) is 0 Å². The monoisotopic (exact) mass is 364 g/mol. The number of aryl methyl sites for hydroxylation is 1. The molecule has 132 valence electrons. The van der Waals surface area contributed by atoms with Crippen molar-refractivity contribution in [3.05, 3.63) is 18.0 Å². The lowest BCUT2D eigenvalue weighted by atomic mass is 9.83. The number of carbonyl (C=O) groups is 1. The van der Waals surface area contributed by atoms with Gasteiger partial charge in [-0.3, -0.25) is 4.79 Å². The molecule has 1 aromatic rings. The van der Waals surface area contributed by atoms with Crippen LogP contribution in [0.1, 0.15) is 42.6 Å². The fourth-order valence-corrected chi connectivity index (χ4v) is 4.00. The summed E-state index contributed by atoms with van der Waals surface area (Å²) < 4.78 is 28.8. The molecule has 0 radical (unpaired) electrons. The van der Waals surface area contributed by atoms with E-state index in [1.807, 2.05) is 0 Å². The number of hydrogen-bond acceptors (Lipinski definition) is 4. The summed E-state index contributed by atoms with van der Waals surface area (Å²) in [5.74, 6) is -0.327. The molecule has 0 bridgehead atoms. The molecule has 1 aliphatic rings. The number of carbonyl (C=O) groups excluding carboxylic acids is 1. The summed E-state index contributed by atoms with van der Waals surface area (Å²) in [5, 5.41) is 2.48. The standard InChI is InChI=1S/C14H24N4O3S.ClH/c1-16-13(19)12-8-11(9-18(12)2)22(20,21)17-10-14(15)6-4-3-5-7-14;/h8-9,17H,3-7,10,15H2,1-2H3,(H,16,19);1H. The van der Waals surface area contributed by atoms with E-state index in [0.29, 0.717) is 5.69 Å². The third kappa shape index (κ3) is 4.69. The highest BCUT2D eigenvalue weighted by Crippen LogP contribution is 2.25. The van der Waals surface area contributed by atoms with E-state index in [9.17, 15) is 13.2 Å². The second-order valence-electron chi connectivity index (χ2n) is 6.00. The Kier molecular flexibility index (Phi) is 6.64. The maximum atomic E-state index is 12.4. The van der Waals surface area contributed by atoms with Crippen molar-refractivity contribution < 1.29 is 13.2 Å². The van der Waals surface area contributed by atoms with Gasteiger partial charge in [0.15, 0.2) is 0 Å². The Morgan fingerprint density at radius 2 is 1.96 bits per heavy atom. The lowest BCUT2D eigenvalue weighted by Gasteiger charge is -2.33. The molecule has 4 N–H and O–H groups in total. The zero-order valence-electron chi connectivity index (χ0n) is 13.5. The van der Waals surface area contributed by atoms with Crippen molar-refractivity contribution in [3.8, 4) is 0 Å². The van der Waals surface area contributed by atoms with Crippen LogP contribution in [-0.2, 0) is 17.1 Å². The Hall–Kier alpha value is -1.09. The van der Waals surface area contributed by atoms with E-state index >= 15 is 0 Å². The van der Waals surface area contributed by atoms with E-state index in [0.717, 1.165) is 32.1 Å². The van der Waals surface area contributed by atoms with Gasteiger partial charge in [-0.15, -0.1) is 12.4 Å². The van der Waals surface area contributed by atoms with Crippen molar-refractivity contribution in [2.24, 2.45) is 12.8 Å². The Morgan fingerprint density at radius 1 is 1.35 bits per heavy atom. The number of nitrogens with two attached hydrogens (primary N) is 1. The van der Waals surface area contributed by atoms with Crippen molar-refractivity contribution in [2.75, 3.05) is 13.6 Å². The lowest BCUT2D eigenvalue weighted by Crippen LogP contribution is -2.51. The fourth-order valence-electron chi connectivity index (χ4n) is 2.79. The smallest absolute Gasteiger partial charge is 0.267 e. The molecular weight excluding hydrogens is 340 g/mol. The zero-order chi connectivity index (χ0) is 16.4. The van der Waals surface area contributed by atoms with E-state index in [1.165, 1.54) is 23.9 Å². The van der Waals surface area contributed by atoms with Crippen LogP contribution >= 0.6 is 12.4 Å². The van der Waals surface area contributed by atoms with E-state index in [2.05, 4.69) is 10.0 Å². The SMILES string of the molecule is CNC(=O)c1cc(S(=O)(=O)NCC2(N)CCCCC2)cn1C.Cl. The number of aromatic nitrogens is 1. The molecule has 1 amide bonds. The van der Waals surface area contributed by atoms with Gasteiger partial charge < -0.3 is 15.6 Å². The van der Waals surface area contributed by atoms with E-state index < -0.39 is 15.6 Å². The summed E-state index contributed by atoms with van der Waals surface area (Å²) in [7, 11) is -0.535. The number of nitrogens with zero attached hydrogens (tertiary/aromatic N) is 1. The van der Waals surface area contributed by atoms with Crippen LogP contribution in [0.3, 0.4) is 0 Å². The first-order valence-corrected chi connectivity index (χ1v) is 8.93. The van der Waals surface area contributed by atoms with Crippen LogP contribution < -0.4 is 15.8 Å². The van der Waals surface area contributed by atoms with Gasteiger partial charge in [-0.25, -0.2) is 13.1 Å². The molecule has 0 saturated heterocycles. The van der Waals surface area contributed by atoms with Gasteiger partial charge in [0.2, 0.25) is 10.0 Å². The molecule has 9 heteroatoms. The predicted molar refractivity (Wildman–Crippen MR) is 91.2 cm³/mol. The summed E-state index contributed by atoms with van der Waals surface area (Å²) >= 11 is 0. The molecule has 0 aliphatic heterocycles. The number of halogens is 1. The summed E-state index contributed by atoms with van der Waals surface area (Å²) in [6, 6.07) is 1.37. The number of sulfonamides is 1. The van der Waals surface area contributed by atoms with Gasteiger partial charge >= 0.3 is 0 Å². The number of rotatable bonds is 5. The molecule has 23 heavy (non-hydrogen) atoms. The molecule has 0 aromatic carbocycles. The predicted octanol–water partition coefficient (Wildman–Crippen LogP) is 0.746. The molecule has 0 atom stereocenters. The molecule has 1 fully saturated rings. The highest BCUT2D eigenvalue weighted by molar-refractivity contribution is 7.89. The molecule has 1 aliphatic carbocycles. The summed E-state index contributed by atoms with van der Waals surface area (Å²) in [6.07, 6.45) is 6.30. The summed E-state index contributed by atoms with van der Waals surface area (Å²) in [4.78, 5) is 11.7. The Balaban J connectivity index is 0.00000264. The van der Waals surface area contributed by atoms with Gasteiger partial charge in [-0.1, -0.05) is 19.3 Å². The Morgan fingerprint density at radius 3 is 2.52 bits per heavy atom. The van der Waals surface area contributed by atoms with Gasteiger partial charge in [0, 0.05) is 32.4 Å². The largest absolute Gasteiger partial charge is 0.354 e. The zero-order valence-corrected chi connectivity index (χ0v) is 15.1. The van der Waals surface area contributed by atoms with Crippen LogP contribution in [-0.4, -0.2) is 38.0 Å². The first-order chi connectivity index (χ1) is 10.3. The minimum Gasteiger partial charge on any atom is -0.354 e. The minimum absolute atomic E-state index is 0. The molecule has 7 nitrogen and oxygen atoms in total. The van der Waals surface area contributed by atoms with Crippen LogP contribution in [0, 0.1) is 0 Å². The second kappa shape index (κ2) is 7.65. The van der Waals surface area contributed by atoms with E-state index in [4.69, 9.17) is 5.73 Å². The molecular formula is C14H25ClN4O3S. The third-order valence-corrected chi connectivity index (χ3v) is 5.58. The van der Waals surface area contributed by atoms with Crippen molar-refractivity contribution in [1.29, 1.82) is 0 Å². The minimum atomic E-state index is -3.67. The maximum Gasteiger partial charge on any atom is 0.267 e. The number of hydrogen-bond donors (Lipinski definition) is 3. The van der Waals surface area contributed by atoms with Crippen LogP contribution in [0.15, 0.2) is 17.2 Å². The lowest BCUT2D eigenvalue weighted by molar-refractivity contribution is 0.0955. The number of amides is 1. The van der Waals surface area contributed by atoms with Gasteiger partial charge in [0.25, 0.3) is 5.91 Å². The van der Waals surface area contributed by atoms with E-state index in [1.54, 1.807) is 7.05 Å². The highest BCUT2D eigenvalue weighted by atomic mass is 35.5. The quantitative estimate of drug-likeness (QED) is 0.716. The maximum absolute atomic E-state index is 12.4. The van der Waals surface area contributed by atoms with Crippen molar-refractivity contribution in [3.63, 3.8) is 0 Å². The van der Waals surface area contributed by atoms with Crippen molar-refractivity contribution in [2.45, 2.75) is 42.5 Å². The van der Waals surface area contributed by atoms with Crippen molar-refractivity contribution >= 4 is 28.3 Å². The van der Waals surface area contributed by atoms with Gasteiger partial charge in [-0.05, 0) is 18.9 Å². The summed E-state index contributed by atoms with van der Waals surface area (Å²) in [6.45, 7) is 0.222. The average Bonchev–Trinajstić information content (AvgIpc) is 2.88. The Bertz CT molecular complexity index is 651. The molecule has 1 saturated carbocycles.